The zero-order valence-corrected chi connectivity index (χ0v) is 11.4. The predicted octanol–water partition coefficient (Wildman–Crippen LogP) is 1.91. The molecular weight excluding hydrogens is 293 g/mol. The highest BCUT2D eigenvalue weighted by Gasteiger charge is 2.22. The van der Waals surface area contributed by atoms with Gasteiger partial charge in [0.25, 0.3) is 5.91 Å². The molecule has 1 N–H and O–H groups in total. The van der Waals surface area contributed by atoms with Crippen molar-refractivity contribution in [3.05, 3.63) is 34.6 Å². The van der Waals surface area contributed by atoms with Crippen LogP contribution in [-0.2, 0) is 14.3 Å². The van der Waals surface area contributed by atoms with Crippen LogP contribution >= 0.6 is 11.6 Å². The van der Waals surface area contributed by atoms with Crippen LogP contribution in [0.3, 0.4) is 0 Å². The molecule has 1 aromatic rings. The normalized spacial score (nSPS) is 11.4. The van der Waals surface area contributed by atoms with Crippen LogP contribution in [0, 0.1) is 5.82 Å². The number of benzene rings is 1. The van der Waals surface area contributed by atoms with Crippen molar-refractivity contribution < 1.29 is 28.2 Å². The zero-order chi connectivity index (χ0) is 15.3. The van der Waals surface area contributed by atoms with Gasteiger partial charge in [0.2, 0.25) is 0 Å². The van der Waals surface area contributed by atoms with E-state index in [1.165, 1.54) is 13.0 Å². The van der Waals surface area contributed by atoms with Crippen LogP contribution in [-0.4, -0.2) is 31.2 Å². The van der Waals surface area contributed by atoms with Gasteiger partial charge in [-0.15, -0.1) is 0 Å². The van der Waals surface area contributed by atoms with E-state index in [0.717, 1.165) is 19.2 Å². The van der Waals surface area contributed by atoms with Crippen LogP contribution in [0.2, 0.25) is 5.02 Å². The van der Waals surface area contributed by atoms with Crippen LogP contribution in [0.15, 0.2) is 18.2 Å². The third-order valence-electron chi connectivity index (χ3n) is 2.21. The van der Waals surface area contributed by atoms with Gasteiger partial charge in [0, 0.05) is 5.02 Å². The van der Waals surface area contributed by atoms with Crippen LogP contribution in [0.1, 0.15) is 17.3 Å². The number of alkyl carbamates (subject to hydrolysis) is 1. The summed E-state index contributed by atoms with van der Waals surface area (Å²) in [5.41, 5.74) is -0.407. The zero-order valence-electron chi connectivity index (χ0n) is 10.6. The molecule has 0 aliphatic carbocycles. The van der Waals surface area contributed by atoms with Crippen LogP contribution in [0.25, 0.3) is 0 Å². The maximum atomic E-state index is 13.4. The fraction of sp³-hybridized carbons (Fsp3) is 0.250. The van der Waals surface area contributed by atoms with E-state index in [-0.39, 0.29) is 5.02 Å². The van der Waals surface area contributed by atoms with Crippen molar-refractivity contribution in [3.63, 3.8) is 0 Å². The number of halogens is 2. The Hall–Kier alpha value is -2.15. The number of amides is 2. The first-order valence-corrected chi connectivity index (χ1v) is 5.77. The minimum absolute atomic E-state index is 0.144. The van der Waals surface area contributed by atoms with Gasteiger partial charge in [-0.05, 0) is 25.1 Å². The lowest BCUT2D eigenvalue weighted by atomic mass is 10.2. The Morgan fingerprint density at radius 3 is 2.60 bits per heavy atom. The van der Waals surface area contributed by atoms with Gasteiger partial charge in [0.1, 0.15) is 5.82 Å². The number of imide groups is 1. The highest BCUT2D eigenvalue weighted by atomic mass is 35.5. The second-order valence-electron chi connectivity index (χ2n) is 3.65. The average molecular weight is 304 g/mol. The number of carbonyl (C=O) groups is 3. The van der Waals surface area contributed by atoms with Crippen molar-refractivity contribution in [1.29, 1.82) is 0 Å². The number of esters is 1. The molecule has 108 valence electrons. The third-order valence-corrected chi connectivity index (χ3v) is 2.45. The van der Waals surface area contributed by atoms with E-state index in [0.29, 0.717) is 0 Å². The van der Waals surface area contributed by atoms with Gasteiger partial charge in [-0.2, -0.15) is 0 Å². The SMILES string of the molecule is COC(=O)NC(=O)[C@H](C)OC(=O)c1cc(Cl)ccc1F. The van der Waals surface area contributed by atoms with E-state index < -0.39 is 35.5 Å². The molecule has 0 unspecified atom stereocenters. The minimum Gasteiger partial charge on any atom is -0.453 e. The summed E-state index contributed by atoms with van der Waals surface area (Å²) in [6.07, 6.45) is -2.30. The summed E-state index contributed by atoms with van der Waals surface area (Å²) in [4.78, 5) is 33.9. The Kier molecular flexibility index (Phi) is 5.45. The largest absolute Gasteiger partial charge is 0.453 e. The van der Waals surface area contributed by atoms with E-state index in [4.69, 9.17) is 16.3 Å². The molecule has 1 atom stereocenters. The second kappa shape index (κ2) is 6.85. The first-order valence-electron chi connectivity index (χ1n) is 5.40. The fourth-order valence-electron chi connectivity index (χ4n) is 1.18. The monoisotopic (exact) mass is 303 g/mol. The fourth-order valence-corrected chi connectivity index (χ4v) is 1.36. The number of hydrogen-bond acceptors (Lipinski definition) is 5. The topological polar surface area (TPSA) is 81.7 Å². The molecule has 0 radical (unpaired) electrons. The molecule has 1 rings (SSSR count). The Balaban J connectivity index is 2.72. The maximum absolute atomic E-state index is 13.4. The second-order valence-corrected chi connectivity index (χ2v) is 4.09. The van der Waals surface area contributed by atoms with Crippen molar-refractivity contribution in [2.24, 2.45) is 0 Å². The number of methoxy groups -OCH3 is 1. The van der Waals surface area contributed by atoms with E-state index in [1.54, 1.807) is 0 Å². The summed E-state index contributed by atoms with van der Waals surface area (Å²) in [7, 11) is 1.07. The van der Waals surface area contributed by atoms with E-state index in [1.807, 2.05) is 5.32 Å². The van der Waals surface area contributed by atoms with Gasteiger partial charge < -0.3 is 9.47 Å². The lowest BCUT2D eigenvalue weighted by Crippen LogP contribution is -2.39. The molecule has 0 spiro atoms. The van der Waals surface area contributed by atoms with Crippen molar-refractivity contribution in [3.8, 4) is 0 Å². The Labute approximate surface area is 118 Å². The lowest BCUT2D eigenvalue weighted by molar-refractivity contribution is -0.128. The Morgan fingerprint density at radius 1 is 1.35 bits per heavy atom. The predicted molar refractivity (Wildman–Crippen MR) is 66.8 cm³/mol. The molecule has 0 saturated heterocycles. The van der Waals surface area contributed by atoms with Crippen LogP contribution < -0.4 is 5.32 Å². The first kappa shape index (κ1) is 15.9. The van der Waals surface area contributed by atoms with Gasteiger partial charge in [0.15, 0.2) is 6.10 Å². The van der Waals surface area contributed by atoms with E-state index >= 15 is 0 Å². The van der Waals surface area contributed by atoms with Gasteiger partial charge >= 0.3 is 12.1 Å². The molecular formula is C12H11ClFNO5. The van der Waals surface area contributed by atoms with Crippen molar-refractivity contribution in [1.82, 2.24) is 5.32 Å². The van der Waals surface area contributed by atoms with Gasteiger partial charge in [0.05, 0.1) is 12.7 Å². The molecule has 6 nitrogen and oxygen atoms in total. The van der Waals surface area contributed by atoms with E-state index in [2.05, 4.69) is 4.74 Å². The standard InChI is InChI=1S/C12H11ClFNO5/c1-6(10(16)15-12(18)19-2)20-11(17)8-5-7(13)3-4-9(8)14/h3-6H,1-2H3,(H,15,16,18)/t6-/m0/s1. The summed E-state index contributed by atoms with van der Waals surface area (Å²) in [6.45, 7) is 1.22. The Bertz CT molecular complexity index is 549. The van der Waals surface area contributed by atoms with Gasteiger partial charge in [-0.3, -0.25) is 10.1 Å². The average Bonchev–Trinajstić information content (AvgIpc) is 2.40. The summed E-state index contributed by atoms with van der Waals surface area (Å²) < 4.78 is 22.3. The van der Waals surface area contributed by atoms with Gasteiger partial charge in [-0.1, -0.05) is 11.6 Å². The third kappa shape index (κ3) is 4.20. The van der Waals surface area contributed by atoms with Crippen molar-refractivity contribution >= 4 is 29.6 Å². The number of rotatable bonds is 3. The number of carbonyl (C=O) groups excluding carboxylic acids is 3. The van der Waals surface area contributed by atoms with Gasteiger partial charge in [-0.25, -0.2) is 14.0 Å². The highest BCUT2D eigenvalue weighted by molar-refractivity contribution is 6.30. The first-order chi connectivity index (χ1) is 9.35. The summed E-state index contributed by atoms with van der Waals surface area (Å²) >= 11 is 5.63. The van der Waals surface area contributed by atoms with Crippen molar-refractivity contribution in [2.45, 2.75) is 13.0 Å². The van der Waals surface area contributed by atoms with Crippen LogP contribution in [0.4, 0.5) is 9.18 Å². The summed E-state index contributed by atoms with van der Waals surface area (Å²) in [6, 6.07) is 3.34. The summed E-state index contributed by atoms with van der Waals surface area (Å²) in [5.74, 6) is -2.80. The maximum Gasteiger partial charge on any atom is 0.413 e. The molecule has 1 aromatic carbocycles. The van der Waals surface area contributed by atoms with Crippen LogP contribution in [0.5, 0.6) is 0 Å². The quantitative estimate of drug-likeness (QED) is 0.863. The molecule has 0 heterocycles. The molecule has 0 bridgehead atoms. The molecule has 2 amide bonds. The smallest absolute Gasteiger partial charge is 0.413 e. The highest BCUT2D eigenvalue weighted by Crippen LogP contribution is 2.16. The molecule has 0 aromatic heterocycles. The number of hydrogen-bond donors (Lipinski definition) is 1. The molecule has 0 aliphatic heterocycles. The Morgan fingerprint density at radius 2 is 2.00 bits per heavy atom. The number of nitrogens with one attached hydrogen (secondary N) is 1. The molecule has 0 aliphatic rings. The lowest BCUT2D eigenvalue weighted by Gasteiger charge is -2.12. The minimum atomic E-state index is -1.31. The molecule has 20 heavy (non-hydrogen) atoms. The summed E-state index contributed by atoms with van der Waals surface area (Å²) in [5, 5.41) is 1.96. The molecule has 0 saturated carbocycles. The number of ether oxygens (including phenoxy) is 2. The molecule has 8 heteroatoms. The van der Waals surface area contributed by atoms with Crippen molar-refractivity contribution in [2.75, 3.05) is 7.11 Å². The molecule has 0 fully saturated rings. The van der Waals surface area contributed by atoms with E-state index in [9.17, 15) is 18.8 Å².